The molecule has 1 aromatic carbocycles. The lowest BCUT2D eigenvalue weighted by Gasteiger charge is -2.21. The zero-order valence-corrected chi connectivity index (χ0v) is 13.3. The van der Waals surface area contributed by atoms with Crippen molar-refractivity contribution in [2.45, 2.75) is 64.2 Å². The van der Waals surface area contributed by atoms with Crippen LogP contribution in [-0.2, 0) is 5.41 Å². The summed E-state index contributed by atoms with van der Waals surface area (Å²) in [5, 5.41) is 0. The van der Waals surface area contributed by atoms with Gasteiger partial charge >= 0.3 is 0 Å². The summed E-state index contributed by atoms with van der Waals surface area (Å²) in [7, 11) is 0. The molecule has 0 saturated heterocycles. The number of ether oxygens (including phenoxy) is 1. The van der Waals surface area contributed by atoms with Crippen molar-refractivity contribution < 1.29 is 9.53 Å². The van der Waals surface area contributed by atoms with Gasteiger partial charge in [0.2, 0.25) is 0 Å². The molecule has 2 nitrogen and oxygen atoms in total. The summed E-state index contributed by atoms with van der Waals surface area (Å²) in [5.41, 5.74) is 2.07. The highest BCUT2D eigenvalue weighted by Crippen LogP contribution is 2.39. The van der Waals surface area contributed by atoms with Crippen LogP contribution >= 0.6 is 0 Å². The van der Waals surface area contributed by atoms with Gasteiger partial charge in [-0.15, -0.1) is 0 Å². The highest BCUT2D eigenvalue weighted by atomic mass is 16.5. The molecule has 0 aromatic heterocycles. The molecule has 1 fully saturated rings. The molecule has 0 spiro atoms. The average Bonchev–Trinajstić information content (AvgIpc) is 2.81. The first-order valence-electron chi connectivity index (χ1n) is 8.37. The van der Waals surface area contributed by atoms with Gasteiger partial charge in [0.25, 0.3) is 0 Å². The maximum atomic E-state index is 12.5. The highest BCUT2D eigenvalue weighted by molar-refractivity contribution is 5.96. The van der Waals surface area contributed by atoms with Crippen molar-refractivity contribution in [3.8, 4) is 5.75 Å². The Bertz CT molecular complexity index is 524. The second kappa shape index (κ2) is 5.82. The van der Waals surface area contributed by atoms with E-state index in [1.807, 2.05) is 12.1 Å². The van der Waals surface area contributed by atoms with E-state index < -0.39 is 0 Å². The molecule has 0 radical (unpaired) electrons. The zero-order chi connectivity index (χ0) is 14.9. The zero-order valence-electron chi connectivity index (χ0n) is 13.3. The Balaban J connectivity index is 1.65. The van der Waals surface area contributed by atoms with Gasteiger partial charge in [-0.2, -0.15) is 0 Å². The monoisotopic (exact) mass is 286 g/mol. The van der Waals surface area contributed by atoms with Crippen molar-refractivity contribution in [3.63, 3.8) is 0 Å². The molecule has 21 heavy (non-hydrogen) atoms. The van der Waals surface area contributed by atoms with E-state index in [-0.39, 0.29) is 5.41 Å². The maximum Gasteiger partial charge on any atom is 0.162 e. The summed E-state index contributed by atoms with van der Waals surface area (Å²) in [6.07, 6.45) is 8.48. The molecule has 0 amide bonds. The van der Waals surface area contributed by atoms with E-state index in [2.05, 4.69) is 19.9 Å². The number of hydrogen-bond acceptors (Lipinski definition) is 2. The van der Waals surface area contributed by atoms with Crippen molar-refractivity contribution >= 4 is 5.78 Å². The molecule has 0 unspecified atom stereocenters. The topological polar surface area (TPSA) is 26.3 Å². The molecule has 1 aliphatic heterocycles. The van der Waals surface area contributed by atoms with Crippen molar-refractivity contribution in [1.29, 1.82) is 0 Å². The van der Waals surface area contributed by atoms with Crippen LogP contribution in [0.2, 0.25) is 0 Å². The van der Waals surface area contributed by atoms with Gasteiger partial charge in [0, 0.05) is 23.0 Å². The summed E-state index contributed by atoms with van der Waals surface area (Å²) >= 11 is 0. The van der Waals surface area contributed by atoms with Gasteiger partial charge in [0.05, 0.1) is 6.61 Å². The second-order valence-corrected chi connectivity index (χ2v) is 7.35. The third-order valence-electron chi connectivity index (χ3n) is 5.12. The standard InChI is InChI=1S/C19H26O2/c1-19(2)13-21-18-11-9-15(12-16(18)19)17(20)10-8-14-6-4-3-5-7-14/h9,11-12,14H,3-8,10,13H2,1-2H3. The van der Waals surface area contributed by atoms with E-state index in [4.69, 9.17) is 4.74 Å². The van der Waals surface area contributed by atoms with E-state index in [9.17, 15) is 4.79 Å². The van der Waals surface area contributed by atoms with Crippen LogP contribution in [0.15, 0.2) is 18.2 Å². The Labute approximate surface area is 127 Å². The van der Waals surface area contributed by atoms with Gasteiger partial charge in [0.15, 0.2) is 5.78 Å². The fourth-order valence-corrected chi connectivity index (χ4v) is 3.65. The molecule has 114 valence electrons. The van der Waals surface area contributed by atoms with Crippen molar-refractivity contribution in [2.24, 2.45) is 5.92 Å². The molecule has 0 atom stereocenters. The van der Waals surface area contributed by atoms with E-state index in [0.717, 1.165) is 23.7 Å². The third-order valence-corrected chi connectivity index (χ3v) is 5.12. The summed E-state index contributed by atoms with van der Waals surface area (Å²) < 4.78 is 5.69. The predicted molar refractivity (Wildman–Crippen MR) is 85.1 cm³/mol. The number of benzene rings is 1. The molecule has 1 heterocycles. The summed E-state index contributed by atoms with van der Waals surface area (Å²) in [6.45, 7) is 5.06. The minimum absolute atomic E-state index is 0.0228. The SMILES string of the molecule is CC1(C)COc2ccc(C(=O)CCC3CCCCC3)cc21. The van der Waals surface area contributed by atoms with Gasteiger partial charge in [-0.1, -0.05) is 46.0 Å². The summed E-state index contributed by atoms with van der Waals surface area (Å²) in [5.74, 6) is 2.02. The molecule has 0 N–H and O–H groups in total. The quantitative estimate of drug-likeness (QED) is 0.736. The van der Waals surface area contributed by atoms with Crippen LogP contribution in [0.4, 0.5) is 0 Å². The first-order chi connectivity index (χ1) is 10.1. The Kier molecular flexibility index (Phi) is 4.05. The minimum atomic E-state index is 0.0228. The molecule has 3 rings (SSSR count). The number of carbonyl (C=O) groups excluding carboxylic acids is 1. The van der Waals surface area contributed by atoms with Gasteiger partial charge in [-0.25, -0.2) is 0 Å². The molecule has 2 aliphatic rings. The molecule has 0 bridgehead atoms. The number of carbonyl (C=O) groups is 1. The molecule has 1 aliphatic carbocycles. The summed E-state index contributed by atoms with van der Waals surface area (Å²) in [6, 6.07) is 5.97. The average molecular weight is 286 g/mol. The molecule has 1 saturated carbocycles. The van der Waals surface area contributed by atoms with Crippen molar-refractivity contribution in [1.82, 2.24) is 0 Å². The Morgan fingerprint density at radius 1 is 1.24 bits per heavy atom. The van der Waals surface area contributed by atoms with Crippen LogP contribution in [0.5, 0.6) is 5.75 Å². The van der Waals surface area contributed by atoms with Crippen LogP contribution in [0.3, 0.4) is 0 Å². The fourth-order valence-electron chi connectivity index (χ4n) is 3.65. The largest absolute Gasteiger partial charge is 0.492 e. The van der Waals surface area contributed by atoms with Gasteiger partial charge in [0.1, 0.15) is 5.75 Å². The number of ketones is 1. The lowest BCUT2D eigenvalue weighted by molar-refractivity contribution is 0.0970. The predicted octanol–water partition coefficient (Wildman–Crippen LogP) is 4.90. The smallest absolute Gasteiger partial charge is 0.162 e. The van der Waals surface area contributed by atoms with Crippen LogP contribution in [0, 0.1) is 5.92 Å². The number of hydrogen-bond donors (Lipinski definition) is 0. The van der Waals surface area contributed by atoms with Crippen LogP contribution in [0.1, 0.15) is 74.7 Å². The van der Waals surface area contributed by atoms with E-state index >= 15 is 0 Å². The van der Waals surface area contributed by atoms with Crippen molar-refractivity contribution in [2.75, 3.05) is 6.61 Å². The van der Waals surface area contributed by atoms with E-state index in [0.29, 0.717) is 18.8 Å². The van der Waals surface area contributed by atoms with E-state index in [1.165, 1.54) is 37.7 Å². The van der Waals surface area contributed by atoms with Gasteiger partial charge in [-0.3, -0.25) is 4.79 Å². The van der Waals surface area contributed by atoms with Crippen LogP contribution in [0.25, 0.3) is 0 Å². The first-order valence-corrected chi connectivity index (χ1v) is 8.37. The van der Waals surface area contributed by atoms with Crippen LogP contribution < -0.4 is 4.74 Å². The lowest BCUT2D eigenvalue weighted by Crippen LogP contribution is -2.18. The van der Waals surface area contributed by atoms with Gasteiger partial charge < -0.3 is 4.74 Å². The number of rotatable bonds is 4. The molecule has 2 heteroatoms. The second-order valence-electron chi connectivity index (χ2n) is 7.35. The fraction of sp³-hybridized carbons (Fsp3) is 0.632. The van der Waals surface area contributed by atoms with Gasteiger partial charge in [-0.05, 0) is 30.5 Å². The molecular formula is C19H26O2. The molecule has 1 aromatic rings. The van der Waals surface area contributed by atoms with Crippen molar-refractivity contribution in [3.05, 3.63) is 29.3 Å². The Hall–Kier alpha value is -1.31. The summed E-state index contributed by atoms with van der Waals surface area (Å²) in [4.78, 5) is 12.5. The highest BCUT2D eigenvalue weighted by Gasteiger charge is 2.32. The Morgan fingerprint density at radius 2 is 2.00 bits per heavy atom. The Morgan fingerprint density at radius 3 is 2.76 bits per heavy atom. The lowest BCUT2D eigenvalue weighted by atomic mass is 9.84. The first kappa shape index (κ1) is 14.6. The maximum absolute atomic E-state index is 12.5. The van der Waals surface area contributed by atoms with E-state index in [1.54, 1.807) is 0 Å². The minimum Gasteiger partial charge on any atom is -0.492 e. The molecular weight excluding hydrogens is 260 g/mol. The normalized spacial score (nSPS) is 20.9. The van der Waals surface area contributed by atoms with Crippen LogP contribution in [-0.4, -0.2) is 12.4 Å². The number of fused-ring (bicyclic) bond motifs is 1. The number of Topliss-reactive ketones (excluding diaryl/α,β-unsaturated/α-hetero) is 1. The third kappa shape index (κ3) is 3.14.